The number of rotatable bonds is 4. The Morgan fingerprint density at radius 2 is 1.68 bits per heavy atom. The number of hydrogen-bond acceptors (Lipinski definition) is 1. The standard InChI is InChI=1S/C16H17ClFN/c1-11(2)19-10-14-9-13(5-8-16(14)18)12-3-6-15(17)7-4-12/h3-9,11,19H,10H2,1-2H3. The first-order chi connectivity index (χ1) is 9.06. The third kappa shape index (κ3) is 3.79. The van der Waals surface area contributed by atoms with Crippen molar-refractivity contribution in [3.63, 3.8) is 0 Å². The molecule has 2 rings (SSSR count). The number of hydrogen-bond donors (Lipinski definition) is 1. The van der Waals surface area contributed by atoms with Crippen molar-refractivity contribution in [3.8, 4) is 11.1 Å². The van der Waals surface area contributed by atoms with Gasteiger partial charge in [0.25, 0.3) is 0 Å². The third-order valence-corrected chi connectivity index (χ3v) is 3.18. The van der Waals surface area contributed by atoms with Crippen LogP contribution in [0.15, 0.2) is 42.5 Å². The van der Waals surface area contributed by atoms with Gasteiger partial charge >= 0.3 is 0 Å². The van der Waals surface area contributed by atoms with Crippen LogP contribution in [0.5, 0.6) is 0 Å². The quantitative estimate of drug-likeness (QED) is 0.858. The Kier molecular flexibility index (Phi) is 4.56. The first-order valence-electron chi connectivity index (χ1n) is 6.34. The van der Waals surface area contributed by atoms with Crippen LogP contribution in [-0.2, 0) is 6.54 Å². The summed E-state index contributed by atoms with van der Waals surface area (Å²) < 4.78 is 13.7. The molecule has 0 unspecified atom stereocenters. The second-order valence-electron chi connectivity index (χ2n) is 4.85. The predicted octanol–water partition coefficient (Wildman–Crippen LogP) is 4.64. The third-order valence-electron chi connectivity index (χ3n) is 2.92. The summed E-state index contributed by atoms with van der Waals surface area (Å²) in [6.07, 6.45) is 0. The molecule has 0 amide bonds. The Bertz CT molecular complexity index is 549. The van der Waals surface area contributed by atoms with Gasteiger partial charge in [-0.25, -0.2) is 4.39 Å². The molecule has 19 heavy (non-hydrogen) atoms. The lowest BCUT2D eigenvalue weighted by atomic mass is 10.0. The van der Waals surface area contributed by atoms with Crippen LogP contribution in [0.2, 0.25) is 5.02 Å². The molecule has 0 fully saturated rings. The summed E-state index contributed by atoms with van der Waals surface area (Å²) in [6.45, 7) is 4.62. The molecule has 0 saturated carbocycles. The van der Waals surface area contributed by atoms with Crippen LogP contribution in [0.25, 0.3) is 11.1 Å². The maximum absolute atomic E-state index is 13.7. The molecule has 100 valence electrons. The molecule has 0 aliphatic carbocycles. The van der Waals surface area contributed by atoms with Crippen LogP contribution in [0, 0.1) is 5.82 Å². The lowest BCUT2D eigenvalue weighted by Crippen LogP contribution is -2.22. The minimum absolute atomic E-state index is 0.175. The zero-order valence-corrected chi connectivity index (χ0v) is 11.8. The Balaban J connectivity index is 2.27. The van der Waals surface area contributed by atoms with E-state index in [2.05, 4.69) is 5.32 Å². The average Bonchev–Trinajstić information content (AvgIpc) is 2.39. The van der Waals surface area contributed by atoms with Gasteiger partial charge in [-0.1, -0.05) is 43.6 Å². The van der Waals surface area contributed by atoms with E-state index in [0.29, 0.717) is 23.2 Å². The zero-order valence-electron chi connectivity index (χ0n) is 11.1. The van der Waals surface area contributed by atoms with E-state index in [1.54, 1.807) is 6.07 Å². The second kappa shape index (κ2) is 6.18. The Morgan fingerprint density at radius 3 is 2.32 bits per heavy atom. The molecule has 0 spiro atoms. The molecule has 0 radical (unpaired) electrons. The summed E-state index contributed by atoms with van der Waals surface area (Å²) in [6, 6.07) is 13.1. The van der Waals surface area contributed by atoms with Crippen molar-refractivity contribution in [3.05, 3.63) is 58.9 Å². The highest BCUT2D eigenvalue weighted by Gasteiger charge is 2.06. The fraction of sp³-hybridized carbons (Fsp3) is 0.250. The van der Waals surface area contributed by atoms with Crippen molar-refractivity contribution in [2.75, 3.05) is 0 Å². The van der Waals surface area contributed by atoms with Crippen molar-refractivity contribution in [1.29, 1.82) is 0 Å². The van der Waals surface area contributed by atoms with Crippen molar-refractivity contribution >= 4 is 11.6 Å². The van der Waals surface area contributed by atoms with Gasteiger partial charge in [0.15, 0.2) is 0 Å². The molecule has 2 aromatic rings. The molecule has 0 aliphatic rings. The molecule has 0 heterocycles. The Hall–Kier alpha value is -1.38. The highest BCUT2D eigenvalue weighted by Crippen LogP contribution is 2.23. The fourth-order valence-corrected chi connectivity index (χ4v) is 1.97. The first kappa shape index (κ1) is 14.0. The molecule has 0 aliphatic heterocycles. The van der Waals surface area contributed by atoms with E-state index < -0.39 is 0 Å². The molecular weight excluding hydrogens is 261 g/mol. The molecule has 0 aromatic heterocycles. The molecule has 1 N–H and O–H groups in total. The fourth-order valence-electron chi connectivity index (χ4n) is 1.85. The average molecular weight is 278 g/mol. The summed E-state index contributed by atoms with van der Waals surface area (Å²) in [5.41, 5.74) is 2.72. The van der Waals surface area contributed by atoms with Gasteiger partial charge in [0.05, 0.1) is 0 Å². The van der Waals surface area contributed by atoms with Crippen LogP contribution in [0.3, 0.4) is 0 Å². The van der Waals surface area contributed by atoms with Crippen molar-refractivity contribution in [2.24, 2.45) is 0 Å². The highest BCUT2D eigenvalue weighted by molar-refractivity contribution is 6.30. The van der Waals surface area contributed by atoms with Crippen LogP contribution >= 0.6 is 11.6 Å². The van der Waals surface area contributed by atoms with E-state index in [0.717, 1.165) is 11.1 Å². The molecule has 0 atom stereocenters. The maximum atomic E-state index is 13.7. The minimum Gasteiger partial charge on any atom is -0.310 e. The number of benzene rings is 2. The molecule has 3 heteroatoms. The van der Waals surface area contributed by atoms with Crippen molar-refractivity contribution < 1.29 is 4.39 Å². The summed E-state index contributed by atoms with van der Waals surface area (Å²) in [5, 5.41) is 3.93. The normalized spacial score (nSPS) is 11.0. The van der Waals surface area contributed by atoms with E-state index in [1.807, 2.05) is 44.2 Å². The molecule has 0 bridgehead atoms. The molecule has 2 aromatic carbocycles. The van der Waals surface area contributed by atoms with Gasteiger partial charge in [-0.3, -0.25) is 0 Å². The van der Waals surface area contributed by atoms with Crippen LogP contribution in [0.1, 0.15) is 19.4 Å². The summed E-state index contributed by atoms with van der Waals surface area (Å²) in [4.78, 5) is 0. The lowest BCUT2D eigenvalue weighted by Gasteiger charge is -2.11. The highest BCUT2D eigenvalue weighted by atomic mass is 35.5. The summed E-state index contributed by atoms with van der Waals surface area (Å²) in [7, 11) is 0. The van der Waals surface area contributed by atoms with E-state index >= 15 is 0 Å². The summed E-state index contributed by atoms with van der Waals surface area (Å²) in [5.74, 6) is -0.175. The van der Waals surface area contributed by atoms with E-state index in [9.17, 15) is 4.39 Å². The second-order valence-corrected chi connectivity index (χ2v) is 5.29. The van der Waals surface area contributed by atoms with E-state index in [-0.39, 0.29) is 5.82 Å². The van der Waals surface area contributed by atoms with Gasteiger partial charge in [0.2, 0.25) is 0 Å². The summed E-state index contributed by atoms with van der Waals surface area (Å²) >= 11 is 5.87. The maximum Gasteiger partial charge on any atom is 0.127 e. The zero-order chi connectivity index (χ0) is 13.8. The minimum atomic E-state index is -0.175. The SMILES string of the molecule is CC(C)NCc1cc(-c2ccc(Cl)cc2)ccc1F. The molecular formula is C16H17ClFN. The predicted molar refractivity (Wildman–Crippen MR) is 78.8 cm³/mol. The van der Waals surface area contributed by atoms with Crippen LogP contribution < -0.4 is 5.32 Å². The Morgan fingerprint density at radius 1 is 1.05 bits per heavy atom. The van der Waals surface area contributed by atoms with Gasteiger partial charge in [0.1, 0.15) is 5.82 Å². The van der Waals surface area contributed by atoms with Crippen LogP contribution in [0.4, 0.5) is 4.39 Å². The first-order valence-corrected chi connectivity index (χ1v) is 6.72. The van der Waals surface area contributed by atoms with Crippen LogP contribution in [-0.4, -0.2) is 6.04 Å². The number of nitrogens with one attached hydrogen (secondary N) is 1. The van der Waals surface area contributed by atoms with Gasteiger partial charge in [0, 0.05) is 23.2 Å². The lowest BCUT2D eigenvalue weighted by molar-refractivity contribution is 0.553. The monoisotopic (exact) mass is 277 g/mol. The van der Waals surface area contributed by atoms with E-state index in [4.69, 9.17) is 11.6 Å². The Labute approximate surface area is 118 Å². The van der Waals surface area contributed by atoms with Gasteiger partial charge < -0.3 is 5.32 Å². The number of halogens is 2. The largest absolute Gasteiger partial charge is 0.310 e. The topological polar surface area (TPSA) is 12.0 Å². The van der Waals surface area contributed by atoms with E-state index in [1.165, 1.54) is 6.07 Å². The van der Waals surface area contributed by atoms with Gasteiger partial charge in [-0.05, 0) is 35.4 Å². The molecule has 0 saturated heterocycles. The smallest absolute Gasteiger partial charge is 0.127 e. The molecule has 1 nitrogen and oxygen atoms in total. The van der Waals surface area contributed by atoms with Gasteiger partial charge in [-0.15, -0.1) is 0 Å². The van der Waals surface area contributed by atoms with Gasteiger partial charge in [-0.2, -0.15) is 0 Å². The van der Waals surface area contributed by atoms with Crippen molar-refractivity contribution in [1.82, 2.24) is 5.32 Å². The van der Waals surface area contributed by atoms with Crippen molar-refractivity contribution in [2.45, 2.75) is 26.4 Å².